The third-order valence-electron chi connectivity index (χ3n) is 1.69. The Hall–Kier alpha value is -0.0131. The van der Waals surface area contributed by atoms with Gasteiger partial charge in [-0.1, -0.05) is 23.3 Å². The van der Waals surface area contributed by atoms with Gasteiger partial charge in [-0.15, -0.1) is 0 Å². The van der Waals surface area contributed by atoms with Crippen molar-refractivity contribution >= 4 is 19.9 Å². The highest BCUT2D eigenvalue weighted by Crippen LogP contribution is 2.07. The maximum atomic E-state index is 5.71. The van der Waals surface area contributed by atoms with Gasteiger partial charge in [0.1, 0.15) is 8.83 Å². The van der Waals surface area contributed by atoms with E-state index in [1.165, 1.54) is 24.0 Å². The van der Waals surface area contributed by atoms with Crippen molar-refractivity contribution in [2.75, 3.05) is 0 Å². The van der Waals surface area contributed by atoms with Crippen LogP contribution in [0.3, 0.4) is 0 Å². The molecule has 0 radical (unpaired) electrons. The summed E-state index contributed by atoms with van der Waals surface area (Å²) in [4.78, 5) is 0. The van der Waals surface area contributed by atoms with Crippen LogP contribution in [0.2, 0.25) is 6.04 Å². The van der Waals surface area contributed by atoms with Crippen molar-refractivity contribution in [2.24, 2.45) is 0 Å². The molecule has 70 valence electrons. The molecule has 0 aromatic rings. The Morgan fingerprint density at radius 3 is 2.42 bits per heavy atom. The molecular weight excluding hydrogens is 184 g/mol. The normalized spacial score (nSPS) is 12.5. The van der Waals surface area contributed by atoms with Crippen molar-refractivity contribution < 1.29 is 0 Å². The lowest BCUT2D eigenvalue weighted by Gasteiger charge is -1.97. The van der Waals surface area contributed by atoms with Crippen molar-refractivity contribution in [2.45, 2.75) is 39.7 Å². The smallest absolute Gasteiger partial charge is 0.129 e. The van der Waals surface area contributed by atoms with E-state index in [1.54, 1.807) is 0 Å². The Labute approximate surface area is 83.2 Å². The first-order valence-electron chi connectivity index (χ1n) is 4.51. The summed E-state index contributed by atoms with van der Waals surface area (Å²) >= 11 is 5.71. The molecule has 0 fully saturated rings. The summed E-state index contributed by atoms with van der Waals surface area (Å²) in [6.45, 7) is 6.48. The number of hydrogen-bond acceptors (Lipinski definition) is 0. The third-order valence-corrected chi connectivity index (χ3v) is 2.85. The first-order valence-corrected chi connectivity index (χ1v) is 7.65. The van der Waals surface area contributed by atoms with Crippen LogP contribution in [0.4, 0.5) is 0 Å². The molecule has 0 aliphatic rings. The van der Waals surface area contributed by atoms with E-state index in [2.05, 4.69) is 32.9 Å². The SMILES string of the molecule is CC(C)=CCC/C(C)=C/C[SiH2]Cl. The zero-order chi connectivity index (χ0) is 9.40. The van der Waals surface area contributed by atoms with Gasteiger partial charge >= 0.3 is 0 Å². The highest BCUT2D eigenvalue weighted by molar-refractivity contribution is 6.93. The van der Waals surface area contributed by atoms with Gasteiger partial charge in [0, 0.05) is 0 Å². The fourth-order valence-electron chi connectivity index (χ4n) is 0.992. The third kappa shape index (κ3) is 8.09. The van der Waals surface area contributed by atoms with E-state index in [0.717, 1.165) is 6.04 Å². The molecule has 0 saturated heterocycles. The average Bonchev–Trinajstić information content (AvgIpc) is 2.00. The predicted octanol–water partition coefficient (Wildman–Crippen LogP) is 3.42. The molecule has 0 nitrogen and oxygen atoms in total. The standard InChI is InChI=1S/C10H19ClSi/c1-9(2)5-4-6-10(3)7-8-12-11/h5,7H,4,6,8,12H2,1-3H3/b10-7+. The molecule has 0 aromatic carbocycles. The van der Waals surface area contributed by atoms with E-state index >= 15 is 0 Å². The topological polar surface area (TPSA) is 0 Å². The molecule has 0 unspecified atom stereocenters. The van der Waals surface area contributed by atoms with Gasteiger partial charge in [-0.2, -0.15) is 11.1 Å². The van der Waals surface area contributed by atoms with Crippen LogP contribution in [0.25, 0.3) is 0 Å². The second-order valence-electron chi connectivity index (χ2n) is 3.35. The quantitative estimate of drug-likeness (QED) is 0.364. The van der Waals surface area contributed by atoms with Crippen LogP contribution in [0.1, 0.15) is 33.6 Å². The van der Waals surface area contributed by atoms with Crippen LogP contribution in [-0.2, 0) is 0 Å². The number of halogens is 1. The van der Waals surface area contributed by atoms with Gasteiger partial charge < -0.3 is 0 Å². The van der Waals surface area contributed by atoms with Crippen LogP contribution in [-0.4, -0.2) is 8.83 Å². The second-order valence-corrected chi connectivity index (χ2v) is 5.44. The van der Waals surface area contributed by atoms with Crippen molar-refractivity contribution in [3.8, 4) is 0 Å². The zero-order valence-corrected chi connectivity index (χ0v) is 10.5. The largest absolute Gasteiger partial charge is 0.176 e. The molecule has 0 aliphatic heterocycles. The lowest BCUT2D eigenvalue weighted by molar-refractivity contribution is 0.963. The molecule has 0 saturated carbocycles. The van der Waals surface area contributed by atoms with Crippen LogP contribution in [0, 0.1) is 0 Å². The summed E-state index contributed by atoms with van der Waals surface area (Å²) in [5, 5.41) is 0. The molecule has 0 atom stereocenters. The van der Waals surface area contributed by atoms with Crippen LogP contribution in [0.15, 0.2) is 23.3 Å². The summed E-state index contributed by atoms with van der Waals surface area (Å²) in [6, 6.07) is 1.14. The van der Waals surface area contributed by atoms with E-state index in [4.69, 9.17) is 11.1 Å². The highest BCUT2D eigenvalue weighted by Gasteiger charge is 1.88. The minimum Gasteiger partial charge on any atom is -0.176 e. The lowest BCUT2D eigenvalue weighted by atomic mass is 10.1. The number of rotatable bonds is 5. The Morgan fingerprint density at radius 1 is 1.25 bits per heavy atom. The molecule has 0 bridgehead atoms. The van der Waals surface area contributed by atoms with Gasteiger partial charge in [0.2, 0.25) is 0 Å². The molecule has 0 aliphatic carbocycles. The predicted molar refractivity (Wildman–Crippen MR) is 61.6 cm³/mol. The molecular formula is C10H19ClSi. The molecule has 0 spiro atoms. The number of allylic oxidation sites excluding steroid dienone is 4. The van der Waals surface area contributed by atoms with Crippen molar-refractivity contribution in [3.05, 3.63) is 23.3 Å². The van der Waals surface area contributed by atoms with Gasteiger partial charge in [-0.05, 0) is 39.7 Å². The fraction of sp³-hybridized carbons (Fsp3) is 0.600. The van der Waals surface area contributed by atoms with Crippen molar-refractivity contribution in [3.63, 3.8) is 0 Å². The van der Waals surface area contributed by atoms with Gasteiger partial charge in [-0.25, -0.2) is 0 Å². The zero-order valence-electron chi connectivity index (χ0n) is 8.36. The molecule has 0 N–H and O–H groups in total. The minimum atomic E-state index is -0.287. The van der Waals surface area contributed by atoms with Gasteiger partial charge in [0.25, 0.3) is 0 Å². The van der Waals surface area contributed by atoms with E-state index in [9.17, 15) is 0 Å². The van der Waals surface area contributed by atoms with Crippen molar-refractivity contribution in [1.29, 1.82) is 0 Å². The van der Waals surface area contributed by atoms with E-state index in [-0.39, 0.29) is 8.83 Å². The maximum Gasteiger partial charge on any atom is 0.129 e. The van der Waals surface area contributed by atoms with Crippen LogP contribution >= 0.6 is 11.1 Å². The molecule has 12 heavy (non-hydrogen) atoms. The summed E-state index contributed by atoms with van der Waals surface area (Å²) in [5.41, 5.74) is 2.90. The van der Waals surface area contributed by atoms with E-state index < -0.39 is 0 Å². The molecule has 2 heteroatoms. The van der Waals surface area contributed by atoms with E-state index in [0.29, 0.717) is 0 Å². The monoisotopic (exact) mass is 202 g/mol. The van der Waals surface area contributed by atoms with Gasteiger partial charge in [0.05, 0.1) is 0 Å². The summed E-state index contributed by atoms with van der Waals surface area (Å²) in [7, 11) is -0.287. The lowest BCUT2D eigenvalue weighted by Crippen LogP contribution is -1.79. The first kappa shape index (κ1) is 12.0. The molecule has 0 aromatic heterocycles. The summed E-state index contributed by atoms with van der Waals surface area (Å²) < 4.78 is 0. The Kier molecular flexibility index (Phi) is 7.62. The Bertz CT molecular complexity index is 167. The molecule has 0 amide bonds. The van der Waals surface area contributed by atoms with Crippen LogP contribution < -0.4 is 0 Å². The molecule has 0 rings (SSSR count). The molecule has 0 heterocycles. The summed E-state index contributed by atoms with van der Waals surface area (Å²) in [6.07, 6.45) is 6.94. The van der Waals surface area contributed by atoms with Crippen molar-refractivity contribution in [1.82, 2.24) is 0 Å². The summed E-state index contributed by atoms with van der Waals surface area (Å²) in [5.74, 6) is 0. The van der Waals surface area contributed by atoms with Gasteiger partial charge in [0.15, 0.2) is 0 Å². The second kappa shape index (κ2) is 7.63. The average molecular weight is 203 g/mol. The van der Waals surface area contributed by atoms with Gasteiger partial charge in [-0.3, -0.25) is 0 Å². The minimum absolute atomic E-state index is 0.287. The highest BCUT2D eigenvalue weighted by atomic mass is 35.6. The Morgan fingerprint density at radius 2 is 1.92 bits per heavy atom. The van der Waals surface area contributed by atoms with E-state index in [1.807, 2.05) is 0 Å². The van der Waals surface area contributed by atoms with Crippen LogP contribution in [0.5, 0.6) is 0 Å². The Balaban J connectivity index is 3.56. The first-order chi connectivity index (χ1) is 5.66. The maximum absolute atomic E-state index is 5.71. The fourth-order valence-corrected chi connectivity index (χ4v) is 1.92. The number of hydrogen-bond donors (Lipinski definition) is 0.